The van der Waals surface area contributed by atoms with Crippen LogP contribution >= 0.6 is 0 Å². The summed E-state index contributed by atoms with van der Waals surface area (Å²) in [5.41, 5.74) is 8.93. The second-order valence-electron chi connectivity index (χ2n) is 5.41. The van der Waals surface area contributed by atoms with E-state index in [1.807, 2.05) is 37.3 Å². The van der Waals surface area contributed by atoms with E-state index >= 15 is 0 Å². The van der Waals surface area contributed by atoms with Crippen LogP contribution in [0.5, 0.6) is 0 Å². The molecule has 5 nitrogen and oxygen atoms in total. The zero-order chi connectivity index (χ0) is 16.7. The zero-order valence-electron chi connectivity index (χ0n) is 13.1. The van der Waals surface area contributed by atoms with E-state index in [0.29, 0.717) is 25.1 Å². The van der Waals surface area contributed by atoms with Gasteiger partial charge in [-0.1, -0.05) is 42.0 Å². The number of hydrogen-bond acceptors (Lipinski definition) is 2. The third kappa shape index (κ3) is 5.47. The monoisotopic (exact) mass is 311 g/mol. The third-order valence-corrected chi connectivity index (χ3v) is 3.48. The lowest BCUT2D eigenvalue weighted by molar-refractivity contribution is 0.1000. The Morgan fingerprint density at radius 2 is 1.74 bits per heavy atom. The molecule has 3 amide bonds. The molecular formula is C18H21N3O2. The largest absolute Gasteiger partial charge is 0.366 e. The molecule has 23 heavy (non-hydrogen) atoms. The van der Waals surface area contributed by atoms with E-state index in [9.17, 15) is 9.59 Å². The fourth-order valence-corrected chi connectivity index (χ4v) is 2.15. The molecule has 0 spiro atoms. The topological polar surface area (TPSA) is 84.2 Å². The Labute approximate surface area is 135 Å². The first kappa shape index (κ1) is 16.5. The molecule has 0 aromatic heterocycles. The summed E-state index contributed by atoms with van der Waals surface area (Å²) in [5.74, 6) is -0.448. The van der Waals surface area contributed by atoms with Crippen molar-refractivity contribution in [2.24, 2.45) is 5.73 Å². The summed E-state index contributed by atoms with van der Waals surface area (Å²) in [6.45, 7) is 3.00. The number of nitrogens with one attached hydrogen (secondary N) is 2. The number of carbonyl (C=O) groups is 2. The number of aryl methyl sites for hydroxylation is 1. The van der Waals surface area contributed by atoms with Gasteiger partial charge in [0.25, 0.3) is 0 Å². The van der Waals surface area contributed by atoms with E-state index < -0.39 is 5.91 Å². The molecule has 0 radical (unpaired) electrons. The lowest BCUT2D eigenvalue weighted by Gasteiger charge is -2.08. The molecule has 2 aromatic rings. The van der Waals surface area contributed by atoms with Crippen LogP contribution < -0.4 is 16.4 Å². The van der Waals surface area contributed by atoms with Crippen molar-refractivity contribution in [1.82, 2.24) is 10.6 Å². The van der Waals surface area contributed by atoms with Gasteiger partial charge in [-0.05, 0) is 36.6 Å². The minimum absolute atomic E-state index is 0.211. The molecule has 0 bridgehead atoms. The molecule has 5 heteroatoms. The average molecular weight is 311 g/mol. The number of hydrogen-bond donors (Lipinski definition) is 3. The Morgan fingerprint density at radius 3 is 2.43 bits per heavy atom. The van der Waals surface area contributed by atoms with Crippen molar-refractivity contribution < 1.29 is 9.59 Å². The van der Waals surface area contributed by atoms with Crippen LogP contribution in [0.2, 0.25) is 0 Å². The Kier molecular flexibility index (Phi) is 5.74. The van der Waals surface area contributed by atoms with Gasteiger partial charge >= 0.3 is 6.03 Å². The van der Waals surface area contributed by atoms with Gasteiger partial charge in [-0.25, -0.2) is 4.79 Å². The summed E-state index contributed by atoms with van der Waals surface area (Å²) in [6, 6.07) is 14.9. The maximum atomic E-state index is 11.8. The van der Waals surface area contributed by atoms with Crippen molar-refractivity contribution in [3.05, 3.63) is 70.8 Å². The molecule has 0 fully saturated rings. The molecule has 0 aliphatic rings. The molecule has 0 aliphatic carbocycles. The maximum Gasteiger partial charge on any atom is 0.315 e. The van der Waals surface area contributed by atoms with Crippen LogP contribution in [0.3, 0.4) is 0 Å². The number of carbonyl (C=O) groups excluding carboxylic acids is 2. The van der Waals surface area contributed by atoms with E-state index in [1.165, 1.54) is 5.56 Å². The van der Waals surface area contributed by atoms with Crippen LogP contribution in [0.15, 0.2) is 48.5 Å². The van der Waals surface area contributed by atoms with Crippen molar-refractivity contribution in [2.75, 3.05) is 6.54 Å². The van der Waals surface area contributed by atoms with Crippen LogP contribution in [0, 0.1) is 6.92 Å². The minimum Gasteiger partial charge on any atom is -0.366 e. The molecule has 0 heterocycles. The number of urea groups is 1. The van der Waals surface area contributed by atoms with Crippen LogP contribution in [0.1, 0.15) is 27.0 Å². The standard InChI is InChI=1S/C18H21N3O2/c1-13-5-7-15(8-6-13)12-21-18(23)20-10-9-14-3-2-4-16(11-14)17(19)22/h2-8,11H,9-10,12H2,1H3,(H2,19,22)(H2,20,21,23). The smallest absolute Gasteiger partial charge is 0.315 e. The summed E-state index contributed by atoms with van der Waals surface area (Å²) in [6.07, 6.45) is 0.638. The van der Waals surface area contributed by atoms with Crippen LogP contribution in [-0.4, -0.2) is 18.5 Å². The second kappa shape index (κ2) is 7.98. The van der Waals surface area contributed by atoms with Gasteiger partial charge < -0.3 is 16.4 Å². The Morgan fingerprint density at radius 1 is 1.00 bits per heavy atom. The number of primary amides is 1. The predicted octanol–water partition coefficient (Wildman–Crippen LogP) is 2.14. The Hall–Kier alpha value is -2.82. The van der Waals surface area contributed by atoms with Crippen LogP contribution in [0.4, 0.5) is 4.79 Å². The maximum absolute atomic E-state index is 11.8. The number of nitrogens with two attached hydrogens (primary N) is 1. The van der Waals surface area contributed by atoms with Crippen molar-refractivity contribution in [1.29, 1.82) is 0 Å². The Bertz CT molecular complexity index is 681. The molecule has 0 saturated heterocycles. The summed E-state index contributed by atoms with van der Waals surface area (Å²) in [5, 5.41) is 5.61. The van der Waals surface area contributed by atoms with Crippen molar-refractivity contribution in [3.63, 3.8) is 0 Å². The minimum atomic E-state index is -0.448. The van der Waals surface area contributed by atoms with E-state index in [-0.39, 0.29) is 6.03 Å². The molecule has 4 N–H and O–H groups in total. The SMILES string of the molecule is Cc1ccc(CNC(=O)NCCc2cccc(C(N)=O)c2)cc1. The van der Waals surface area contributed by atoms with Crippen molar-refractivity contribution in [2.45, 2.75) is 19.9 Å². The summed E-state index contributed by atoms with van der Waals surface area (Å²) >= 11 is 0. The molecule has 120 valence electrons. The lowest BCUT2D eigenvalue weighted by atomic mass is 10.1. The van der Waals surface area contributed by atoms with E-state index in [0.717, 1.165) is 11.1 Å². The van der Waals surface area contributed by atoms with Gasteiger partial charge in [0.2, 0.25) is 5.91 Å². The predicted molar refractivity (Wildman–Crippen MR) is 90.1 cm³/mol. The third-order valence-electron chi connectivity index (χ3n) is 3.48. The highest BCUT2D eigenvalue weighted by atomic mass is 16.2. The number of amides is 3. The van der Waals surface area contributed by atoms with E-state index in [2.05, 4.69) is 10.6 Å². The molecule has 0 unspecified atom stereocenters. The highest BCUT2D eigenvalue weighted by Gasteiger charge is 2.03. The molecular weight excluding hydrogens is 290 g/mol. The highest BCUT2D eigenvalue weighted by molar-refractivity contribution is 5.92. The number of rotatable bonds is 6. The van der Waals surface area contributed by atoms with Gasteiger partial charge in [0.05, 0.1) is 0 Å². The van der Waals surface area contributed by atoms with Gasteiger partial charge in [0, 0.05) is 18.7 Å². The summed E-state index contributed by atoms with van der Waals surface area (Å²) in [7, 11) is 0. The quantitative estimate of drug-likeness (QED) is 0.763. The van der Waals surface area contributed by atoms with Gasteiger partial charge in [-0.3, -0.25) is 4.79 Å². The van der Waals surface area contributed by atoms with Crippen molar-refractivity contribution in [3.8, 4) is 0 Å². The fraction of sp³-hybridized carbons (Fsp3) is 0.222. The first-order valence-electron chi connectivity index (χ1n) is 7.50. The van der Waals surface area contributed by atoms with E-state index in [4.69, 9.17) is 5.73 Å². The van der Waals surface area contributed by atoms with E-state index in [1.54, 1.807) is 18.2 Å². The van der Waals surface area contributed by atoms with Gasteiger partial charge in [-0.2, -0.15) is 0 Å². The second-order valence-corrected chi connectivity index (χ2v) is 5.41. The first-order chi connectivity index (χ1) is 11.0. The summed E-state index contributed by atoms with van der Waals surface area (Å²) < 4.78 is 0. The molecule has 2 rings (SSSR count). The fourth-order valence-electron chi connectivity index (χ4n) is 2.15. The summed E-state index contributed by atoms with van der Waals surface area (Å²) in [4.78, 5) is 22.9. The Balaban J connectivity index is 1.73. The van der Waals surface area contributed by atoms with Gasteiger partial charge in [-0.15, -0.1) is 0 Å². The molecule has 0 aliphatic heterocycles. The molecule has 2 aromatic carbocycles. The average Bonchev–Trinajstić information content (AvgIpc) is 2.54. The van der Waals surface area contributed by atoms with Crippen LogP contribution in [-0.2, 0) is 13.0 Å². The zero-order valence-corrected chi connectivity index (χ0v) is 13.1. The highest BCUT2D eigenvalue weighted by Crippen LogP contribution is 2.05. The first-order valence-corrected chi connectivity index (χ1v) is 7.50. The number of benzene rings is 2. The van der Waals surface area contributed by atoms with Gasteiger partial charge in [0.15, 0.2) is 0 Å². The lowest BCUT2D eigenvalue weighted by Crippen LogP contribution is -2.36. The van der Waals surface area contributed by atoms with Crippen LogP contribution in [0.25, 0.3) is 0 Å². The molecule has 0 atom stereocenters. The molecule has 0 saturated carbocycles. The van der Waals surface area contributed by atoms with Gasteiger partial charge in [0.1, 0.15) is 0 Å². The van der Waals surface area contributed by atoms with Crippen molar-refractivity contribution >= 4 is 11.9 Å². The normalized spacial score (nSPS) is 10.1.